The number of likely N-dealkylation sites (tertiary alicyclic amines) is 1. The molecule has 1 fully saturated rings. The van der Waals surface area contributed by atoms with Crippen molar-refractivity contribution < 1.29 is 19.1 Å². The average Bonchev–Trinajstić information content (AvgIpc) is 3.02. The molecule has 0 radical (unpaired) electrons. The first-order valence-electron chi connectivity index (χ1n) is 8.37. The summed E-state index contributed by atoms with van der Waals surface area (Å²) in [5.74, 6) is 0.597. The summed E-state index contributed by atoms with van der Waals surface area (Å²) < 4.78 is 11.1. The van der Waals surface area contributed by atoms with E-state index in [2.05, 4.69) is 10.2 Å². The molecule has 1 N–H and O–H groups in total. The van der Waals surface area contributed by atoms with Crippen LogP contribution in [0.3, 0.4) is 0 Å². The molecule has 7 nitrogen and oxygen atoms in total. The number of aliphatic hydroxyl groups is 1. The van der Waals surface area contributed by atoms with Crippen molar-refractivity contribution in [3.8, 4) is 0 Å². The Hall–Kier alpha value is -1.63. The molecule has 1 amide bonds. The lowest BCUT2D eigenvalue weighted by Gasteiger charge is -2.38. The zero-order valence-corrected chi connectivity index (χ0v) is 15.7. The fraction of sp³-hybridized carbons (Fsp3) is 0.824. The highest BCUT2D eigenvalue weighted by atomic mass is 16.6. The quantitative estimate of drug-likeness (QED) is 0.890. The van der Waals surface area contributed by atoms with Crippen LogP contribution in [0.4, 0.5) is 4.79 Å². The van der Waals surface area contributed by atoms with Gasteiger partial charge in [-0.15, -0.1) is 10.2 Å². The van der Waals surface area contributed by atoms with Gasteiger partial charge in [0.2, 0.25) is 11.8 Å². The van der Waals surface area contributed by atoms with Gasteiger partial charge in [-0.1, -0.05) is 20.8 Å². The van der Waals surface area contributed by atoms with Crippen molar-refractivity contribution in [2.24, 2.45) is 0 Å². The number of hydrogen-bond donors (Lipinski definition) is 1. The van der Waals surface area contributed by atoms with Gasteiger partial charge in [-0.25, -0.2) is 4.79 Å². The minimum Gasteiger partial charge on any atom is -0.444 e. The smallest absolute Gasteiger partial charge is 0.410 e. The molecule has 0 bridgehead atoms. The van der Waals surface area contributed by atoms with Crippen LogP contribution in [0.15, 0.2) is 4.42 Å². The maximum atomic E-state index is 12.5. The SMILES string of the molecule is CC(C)(C)OC(=O)N1CCCC1(C)[C@H](O)c1nnc(C(C)(C)C)o1. The van der Waals surface area contributed by atoms with Gasteiger partial charge in [0.1, 0.15) is 5.60 Å². The molecule has 1 unspecified atom stereocenters. The Balaban J connectivity index is 2.24. The number of carbonyl (C=O) groups is 1. The number of nitrogens with zero attached hydrogens (tertiary/aromatic N) is 3. The summed E-state index contributed by atoms with van der Waals surface area (Å²) in [5, 5.41) is 18.9. The Morgan fingerprint density at radius 1 is 1.29 bits per heavy atom. The second kappa shape index (κ2) is 6.02. The molecule has 1 saturated heterocycles. The Labute approximate surface area is 143 Å². The third-order valence-corrected chi connectivity index (χ3v) is 4.20. The first kappa shape index (κ1) is 18.7. The van der Waals surface area contributed by atoms with Crippen LogP contribution < -0.4 is 0 Å². The predicted octanol–water partition coefficient (Wildman–Crippen LogP) is 3.19. The van der Waals surface area contributed by atoms with Crippen LogP contribution >= 0.6 is 0 Å². The first-order chi connectivity index (χ1) is 10.8. The monoisotopic (exact) mass is 339 g/mol. The van der Waals surface area contributed by atoms with E-state index < -0.39 is 23.3 Å². The summed E-state index contributed by atoms with van der Waals surface area (Å²) in [5.41, 5.74) is -1.72. The average molecular weight is 339 g/mol. The number of aliphatic hydroxyl groups excluding tert-OH is 1. The van der Waals surface area contributed by atoms with Crippen LogP contribution in [0, 0.1) is 0 Å². The molecule has 2 rings (SSSR count). The largest absolute Gasteiger partial charge is 0.444 e. The maximum Gasteiger partial charge on any atom is 0.410 e. The van der Waals surface area contributed by atoms with E-state index in [0.717, 1.165) is 6.42 Å². The van der Waals surface area contributed by atoms with Crippen molar-refractivity contribution in [2.45, 2.75) is 84.0 Å². The normalized spacial score (nSPS) is 23.4. The summed E-state index contributed by atoms with van der Waals surface area (Å²) in [6.07, 6.45) is -0.0681. The number of rotatable bonds is 2. The summed E-state index contributed by atoms with van der Waals surface area (Å²) in [6, 6.07) is 0. The van der Waals surface area contributed by atoms with Crippen molar-refractivity contribution in [3.05, 3.63) is 11.8 Å². The fourth-order valence-electron chi connectivity index (χ4n) is 2.80. The maximum absolute atomic E-state index is 12.5. The molecule has 24 heavy (non-hydrogen) atoms. The topological polar surface area (TPSA) is 88.7 Å². The minimum absolute atomic E-state index is 0.137. The van der Waals surface area contributed by atoms with Crippen LogP contribution in [-0.2, 0) is 10.2 Å². The summed E-state index contributed by atoms with van der Waals surface area (Å²) in [7, 11) is 0. The van der Waals surface area contributed by atoms with E-state index in [0.29, 0.717) is 18.9 Å². The third-order valence-electron chi connectivity index (χ3n) is 4.20. The van der Waals surface area contributed by atoms with Gasteiger partial charge in [-0.05, 0) is 40.5 Å². The van der Waals surface area contributed by atoms with Gasteiger partial charge in [-0.3, -0.25) is 4.90 Å². The molecule has 0 saturated carbocycles. The highest BCUT2D eigenvalue weighted by Crippen LogP contribution is 2.40. The molecule has 0 aromatic carbocycles. The van der Waals surface area contributed by atoms with Gasteiger partial charge in [-0.2, -0.15) is 0 Å². The molecule has 2 heterocycles. The van der Waals surface area contributed by atoms with Gasteiger partial charge in [0.05, 0.1) is 5.54 Å². The van der Waals surface area contributed by atoms with Crippen LogP contribution in [0.1, 0.15) is 79.2 Å². The molecule has 136 valence electrons. The highest BCUT2D eigenvalue weighted by molar-refractivity contribution is 5.69. The Morgan fingerprint density at radius 2 is 1.92 bits per heavy atom. The molecular formula is C17H29N3O4. The van der Waals surface area contributed by atoms with E-state index in [1.807, 2.05) is 48.5 Å². The second-order valence-corrected chi connectivity index (χ2v) is 8.69. The van der Waals surface area contributed by atoms with Gasteiger partial charge in [0, 0.05) is 12.0 Å². The number of hydrogen-bond acceptors (Lipinski definition) is 6. The predicted molar refractivity (Wildman–Crippen MR) is 88.5 cm³/mol. The van der Waals surface area contributed by atoms with E-state index in [9.17, 15) is 9.90 Å². The van der Waals surface area contributed by atoms with Crippen LogP contribution in [0.2, 0.25) is 0 Å². The molecule has 7 heteroatoms. The number of carbonyl (C=O) groups excluding carboxylic acids is 1. The van der Waals surface area contributed by atoms with Gasteiger partial charge in [0.15, 0.2) is 6.10 Å². The summed E-state index contributed by atoms with van der Waals surface area (Å²) >= 11 is 0. The first-order valence-corrected chi connectivity index (χ1v) is 8.37. The van der Waals surface area contributed by atoms with Gasteiger partial charge in [0.25, 0.3) is 0 Å². The molecule has 0 spiro atoms. The van der Waals surface area contributed by atoms with Crippen LogP contribution in [-0.4, -0.2) is 44.0 Å². The number of amides is 1. The Kier molecular flexibility index (Phi) is 4.69. The molecule has 1 aromatic rings. The lowest BCUT2D eigenvalue weighted by molar-refractivity contribution is -0.0349. The standard InChI is InChI=1S/C17H29N3O4/c1-15(2,3)13-19-18-12(23-13)11(21)17(7)9-8-10-20(17)14(22)24-16(4,5)6/h11,21H,8-10H2,1-7H3/t11-,17?/m1/s1. The lowest BCUT2D eigenvalue weighted by Crippen LogP contribution is -2.50. The summed E-state index contributed by atoms with van der Waals surface area (Å²) in [6.45, 7) is 13.7. The van der Waals surface area contributed by atoms with Crippen molar-refractivity contribution >= 4 is 6.09 Å². The van der Waals surface area contributed by atoms with E-state index in [1.54, 1.807) is 4.90 Å². The van der Waals surface area contributed by atoms with Crippen molar-refractivity contribution in [3.63, 3.8) is 0 Å². The molecule has 1 aromatic heterocycles. The minimum atomic E-state index is -1.06. The van der Waals surface area contributed by atoms with Gasteiger partial charge < -0.3 is 14.3 Å². The van der Waals surface area contributed by atoms with Gasteiger partial charge >= 0.3 is 6.09 Å². The third kappa shape index (κ3) is 3.71. The fourth-order valence-corrected chi connectivity index (χ4v) is 2.80. The summed E-state index contributed by atoms with van der Waals surface area (Å²) in [4.78, 5) is 14.1. The van der Waals surface area contributed by atoms with Crippen molar-refractivity contribution in [2.75, 3.05) is 6.54 Å². The van der Waals surface area contributed by atoms with E-state index in [4.69, 9.17) is 9.15 Å². The highest BCUT2D eigenvalue weighted by Gasteiger charge is 2.49. The van der Waals surface area contributed by atoms with E-state index in [1.165, 1.54) is 0 Å². The Morgan fingerprint density at radius 3 is 2.42 bits per heavy atom. The zero-order chi connectivity index (χ0) is 18.3. The van der Waals surface area contributed by atoms with Crippen LogP contribution in [0.25, 0.3) is 0 Å². The lowest BCUT2D eigenvalue weighted by atomic mass is 9.91. The second-order valence-electron chi connectivity index (χ2n) is 8.69. The van der Waals surface area contributed by atoms with E-state index >= 15 is 0 Å². The van der Waals surface area contributed by atoms with Crippen molar-refractivity contribution in [1.29, 1.82) is 0 Å². The van der Waals surface area contributed by atoms with E-state index in [-0.39, 0.29) is 11.3 Å². The molecule has 2 atom stereocenters. The number of aromatic nitrogens is 2. The van der Waals surface area contributed by atoms with Crippen LogP contribution in [0.5, 0.6) is 0 Å². The van der Waals surface area contributed by atoms with Crippen molar-refractivity contribution in [1.82, 2.24) is 15.1 Å². The molecular weight excluding hydrogens is 310 g/mol. The molecule has 1 aliphatic rings. The molecule has 1 aliphatic heterocycles. The Bertz CT molecular complexity index is 600. The molecule has 0 aliphatic carbocycles. The number of ether oxygens (including phenoxy) is 1. The zero-order valence-electron chi connectivity index (χ0n) is 15.7.